The molecule has 0 aromatic heterocycles. The number of aliphatic hydroxyl groups excluding tert-OH is 1. The molecule has 0 bridgehead atoms. The van der Waals surface area contributed by atoms with Gasteiger partial charge < -0.3 is 20.5 Å². The summed E-state index contributed by atoms with van der Waals surface area (Å²) in [7, 11) is 1.52. The van der Waals surface area contributed by atoms with Gasteiger partial charge in [-0.2, -0.15) is 0 Å². The van der Waals surface area contributed by atoms with Crippen molar-refractivity contribution in [2.75, 3.05) is 25.6 Å². The highest BCUT2D eigenvalue weighted by molar-refractivity contribution is 6.33. The Kier molecular flexibility index (Phi) is 6.62. The summed E-state index contributed by atoms with van der Waals surface area (Å²) in [5, 5.41) is 15.2. The highest BCUT2D eigenvalue weighted by atomic mass is 35.5. The molecule has 0 aliphatic rings. The number of aryl methyl sites for hydroxylation is 1. The van der Waals surface area contributed by atoms with Crippen LogP contribution in [0.4, 0.5) is 10.5 Å². The fraction of sp³-hybridized carbons (Fsp3) is 0.462. The van der Waals surface area contributed by atoms with E-state index >= 15 is 0 Å². The first-order valence-corrected chi connectivity index (χ1v) is 6.38. The highest BCUT2D eigenvalue weighted by Gasteiger charge is 2.07. The van der Waals surface area contributed by atoms with Gasteiger partial charge in [0, 0.05) is 13.7 Å². The number of nitrogens with one attached hydrogen (secondary N) is 2. The Morgan fingerprint density at radius 2 is 2.26 bits per heavy atom. The van der Waals surface area contributed by atoms with E-state index in [9.17, 15) is 9.90 Å². The van der Waals surface area contributed by atoms with Gasteiger partial charge in [0.05, 0.1) is 23.4 Å². The fourth-order valence-corrected chi connectivity index (χ4v) is 1.80. The third kappa shape index (κ3) is 5.92. The Morgan fingerprint density at radius 1 is 1.53 bits per heavy atom. The summed E-state index contributed by atoms with van der Waals surface area (Å²) in [6.07, 6.45) is -0.142. The SMILES string of the molecule is COCC(O)CCNC(=O)Nc1ccc(C)cc1Cl. The van der Waals surface area contributed by atoms with Gasteiger partial charge in [-0.25, -0.2) is 4.79 Å². The molecule has 1 unspecified atom stereocenters. The Balaban J connectivity index is 2.35. The van der Waals surface area contributed by atoms with Crippen molar-refractivity contribution in [3.05, 3.63) is 28.8 Å². The molecular weight excluding hydrogens is 268 g/mol. The number of benzene rings is 1. The summed E-state index contributed by atoms with van der Waals surface area (Å²) in [4.78, 5) is 11.6. The van der Waals surface area contributed by atoms with Crippen LogP contribution >= 0.6 is 11.6 Å². The van der Waals surface area contributed by atoms with Gasteiger partial charge in [-0.3, -0.25) is 0 Å². The zero-order valence-corrected chi connectivity index (χ0v) is 11.8. The second-order valence-electron chi connectivity index (χ2n) is 4.26. The molecule has 2 amide bonds. The minimum absolute atomic E-state index is 0.257. The molecule has 1 aromatic rings. The molecule has 0 saturated heterocycles. The van der Waals surface area contributed by atoms with Crippen molar-refractivity contribution in [3.8, 4) is 0 Å². The van der Waals surface area contributed by atoms with Crippen molar-refractivity contribution in [2.45, 2.75) is 19.4 Å². The smallest absolute Gasteiger partial charge is 0.319 e. The van der Waals surface area contributed by atoms with Crippen molar-refractivity contribution < 1.29 is 14.6 Å². The molecule has 3 N–H and O–H groups in total. The van der Waals surface area contributed by atoms with Crippen LogP contribution in [0.5, 0.6) is 0 Å². The van der Waals surface area contributed by atoms with Gasteiger partial charge in [-0.15, -0.1) is 0 Å². The van der Waals surface area contributed by atoms with E-state index in [2.05, 4.69) is 10.6 Å². The van der Waals surface area contributed by atoms with Crippen LogP contribution in [0.2, 0.25) is 5.02 Å². The Hall–Kier alpha value is -1.30. The van der Waals surface area contributed by atoms with Gasteiger partial charge in [-0.05, 0) is 31.0 Å². The molecule has 1 aromatic carbocycles. The number of carbonyl (C=O) groups is 1. The number of halogens is 1. The van der Waals surface area contributed by atoms with Crippen molar-refractivity contribution in [1.82, 2.24) is 5.32 Å². The van der Waals surface area contributed by atoms with E-state index in [1.165, 1.54) is 7.11 Å². The number of hydrogen-bond acceptors (Lipinski definition) is 3. The Bertz CT molecular complexity index is 426. The van der Waals surface area contributed by atoms with Gasteiger partial charge in [0.2, 0.25) is 0 Å². The maximum atomic E-state index is 11.6. The van der Waals surface area contributed by atoms with Gasteiger partial charge in [-0.1, -0.05) is 17.7 Å². The summed E-state index contributed by atoms with van der Waals surface area (Å²) < 4.78 is 4.79. The molecule has 1 atom stereocenters. The number of rotatable bonds is 6. The second kappa shape index (κ2) is 7.99. The minimum atomic E-state index is -0.576. The van der Waals surface area contributed by atoms with E-state index in [0.717, 1.165) is 5.56 Å². The standard InChI is InChI=1S/C13H19ClN2O3/c1-9-3-4-12(11(14)7-9)16-13(18)15-6-5-10(17)8-19-2/h3-4,7,10,17H,5-6,8H2,1-2H3,(H2,15,16,18). The van der Waals surface area contributed by atoms with E-state index in [1.807, 2.05) is 13.0 Å². The van der Waals surface area contributed by atoms with E-state index in [1.54, 1.807) is 12.1 Å². The first-order chi connectivity index (χ1) is 9.02. The molecule has 0 fully saturated rings. The van der Waals surface area contributed by atoms with Crippen LogP contribution in [-0.2, 0) is 4.74 Å². The molecule has 0 aliphatic heterocycles. The molecule has 6 heteroatoms. The predicted molar refractivity (Wildman–Crippen MR) is 75.7 cm³/mol. The molecule has 0 heterocycles. The highest BCUT2D eigenvalue weighted by Crippen LogP contribution is 2.22. The normalized spacial score (nSPS) is 12.0. The zero-order valence-electron chi connectivity index (χ0n) is 11.1. The summed E-state index contributed by atoms with van der Waals surface area (Å²) in [6.45, 7) is 2.54. The molecule has 0 radical (unpaired) electrons. The van der Waals surface area contributed by atoms with E-state index in [-0.39, 0.29) is 12.6 Å². The number of ether oxygens (including phenoxy) is 1. The lowest BCUT2D eigenvalue weighted by Gasteiger charge is -2.11. The van der Waals surface area contributed by atoms with Gasteiger partial charge in [0.25, 0.3) is 0 Å². The van der Waals surface area contributed by atoms with Crippen LogP contribution < -0.4 is 10.6 Å². The van der Waals surface area contributed by atoms with Crippen LogP contribution in [0.3, 0.4) is 0 Å². The van der Waals surface area contributed by atoms with Crippen LogP contribution in [-0.4, -0.2) is 37.5 Å². The lowest BCUT2D eigenvalue weighted by atomic mass is 10.2. The summed E-state index contributed by atoms with van der Waals surface area (Å²) >= 11 is 6.00. The molecule has 5 nitrogen and oxygen atoms in total. The summed E-state index contributed by atoms with van der Waals surface area (Å²) in [6, 6.07) is 5.04. The molecule has 19 heavy (non-hydrogen) atoms. The first kappa shape index (κ1) is 15.8. The largest absolute Gasteiger partial charge is 0.391 e. The average Bonchev–Trinajstić information content (AvgIpc) is 2.33. The van der Waals surface area contributed by atoms with Crippen LogP contribution in [0.25, 0.3) is 0 Å². The van der Waals surface area contributed by atoms with Crippen molar-refractivity contribution in [3.63, 3.8) is 0 Å². The number of carbonyl (C=O) groups excluding carboxylic acids is 1. The van der Waals surface area contributed by atoms with Gasteiger partial charge >= 0.3 is 6.03 Å². The second-order valence-corrected chi connectivity index (χ2v) is 4.67. The van der Waals surface area contributed by atoms with Gasteiger partial charge in [0.15, 0.2) is 0 Å². The van der Waals surface area contributed by atoms with Crippen LogP contribution in [0.15, 0.2) is 18.2 Å². The van der Waals surface area contributed by atoms with E-state index in [4.69, 9.17) is 16.3 Å². The third-order valence-electron chi connectivity index (χ3n) is 2.49. The minimum Gasteiger partial charge on any atom is -0.391 e. The van der Waals surface area contributed by atoms with Crippen molar-refractivity contribution >= 4 is 23.3 Å². The average molecular weight is 287 g/mol. The maximum absolute atomic E-state index is 11.6. The first-order valence-electron chi connectivity index (χ1n) is 6.01. The molecule has 106 valence electrons. The summed E-state index contributed by atoms with van der Waals surface area (Å²) in [5.74, 6) is 0. The lowest BCUT2D eigenvalue weighted by Crippen LogP contribution is -2.32. The number of anilines is 1. The molecule has 0 aliphatic carbocycles. The van der Waals surface area contributed by atoms with Crippen molar-refractivity contribution in [1.29, 1.82) is 0 Å². The number of aliphatic hydroxyl groups is 1. The number of amides is 2. The predicted octanol–water partition coefficient (Wildman–Crippen LogP) is 2.17. The number of hydrogen-bond donors (Lipinski definition) is 3. The molecule has 1 rings (SSSR count). The van der Waals surface area contributed by atoms with Crippen molar-refractivity contribution in [2.24, 2.45) is 0 Å². The van der Waals surface area contributed by atoms with Crippen LogP contribution in [0.1, 0.15) is 12.0 Å². The van der Waals surface area contributed by atoms with Gasteiger partial charge in [0.1, 0.15) is 0 Å². The van der Waals surface area contributed by atoms with E-state index < -0.39 is 6.10 Å². The Morgan fingerprint density at radius 3 is 2.89 bits per heavy atom. The van der Waals surface area contributed by atoms with E-state index in [0.29, 0.717) is 23.7 Å². The fourth-order valence-electron chi connectivity index (χ4n) is 1.52. The molecule has 0 saturated carbocycles. The monoisotopic (exact) mass is 286 g/mol. The Labute approximate surface area is 117 Å². The third-order valence-corrected chi connectivity index (χ3v) is 2.81. The van der Waals surface area contributed by atoms with Crippen LogP contribution in [0, 0.1) is 6.92 Å². The molecular formula is C13H19ClN2O3. The number of urea groups is 1. The topological polar surface area (TPSA) is 70.6 Å². The quantitative estimate of drug-likeness (QED) is 0.750. The summed E-state index contributed by atoms with van der Waals surface area (Å²) in [5.41, 5.74) is 1.58. The maximum Gasteiger partial charge on any atom is 0.319 e. The lowest BCUT2D eigenvalue weighted by molar-refractivity contribution is 0.0599. The zero-order chi connectivity index (χ0) is 14.3. The molecule has 0 spiro atoms. The number of methoxy groups -OCH3 is 1.